The number of hydrogen-bond acceptors (Lipinski definition) is 7. The van der Waals surface area contributed by atoms with Crippen LogP contribution in [0.2, 0.25) is 0 Å². The van der Waals surface area contributed by atoms with Gasteiger partial charge in [0, 0.05) is 24.4 Å². The van der Waals surface area contributed by atoms with Crippen LogP contribution in [0.1, 0.15) is 58.4 Å². The highest BCUT2D eigenvalue weighted by molar-refractivity contribution is 6.02. The maximum Gasteiger partial charge on any atom is 0.415 e. The molecule has 4 amide bonds. The lowest BCUT2D eigenvalue weighted by atomic mass is 9.98. The zero-order chi connectivity index (χ0) is 27.6. The van der Waals surface area contributed by atoms with Crippen LogP contribution in [0, 0.1) is 23.2 Å². The molecule has 1 saturated heterocycles. The number of rotatable bonds is 8. The van der Waals surface area contributed by atoms with Crippen LogP contribution in [0.15, 0.2) is 18.2 Å². The molecule has 11 heteroatoms. The second-order valence-electron chi connectivity index (χ2n) is 11.3. The molecule has 4 unspecified atom stereocenters. The fraction of sp³-hybridized carbons (Fsp3) is 0.593. The third-order valence-electron chi connectivity index (χ3n) is 7.04. The summed E-state index contributed by atoms with van der Waals surface area (Å²) in [7, 11) is 0. The molecule has 2 aliphatic heterocycles. The predicted molar refractivity (Wildman–Crippen MR) is 137 cm³/mol. The first-order valence-electron chi connectivity index (χ1n) is 13.1. The number of phenolic OH excluding ortho intramolecular Hbond substituents is 1. The van der Waals surface area contributed by atoms with Crippen molar-refractivity contribution in [3.8, 4) is 11.8 Å². The first-order valence-corrected chi connectivity index (χ1v) is 13.1. The number of nitriles is 1. The van der Waals surface area contributed by atoms with Crippen molar-refractivity contribution in [2.24, 2.45) is 11.8 Å². The summed E-state index contributed by atoms with van der Waals surface area (Å²) in [5.41, 5.74) is 0.0114. The van der Waals surface area contributed by atoms with E-state index in [9.17, 15) is 29.5 Å². The smallest absolute Gasteiger partial charge is 0.415 e. The summed E-state index contributed by atoms with van der Waals surface area (Å²) in [6.45, 7) is 5.70. The summed E-state index contributed by atoms with van der Waals surface area (Å²) in [5, 5.41) is 28.2. The number of anilines is 1. The normalized spacial score (nSPS) is 22.1. The Balaban J connectivity index is 1.50. The van der Waals surface area contributed by atoms with Crippen molar-refractivity contribution < 1.29 is 29.0 Å². The number of ether oxygens (including phenoxy) is 1. The number of hydrogen-bond donors (Lipinski definition) is 4. The third-order valence-corrected chi connectivity index (χ3v) is 7.04. The van der Waals surface area contributed by atoms with Gasteiger partial charge in [0.25, 0.3) is 0 Å². The Morgan fingerprint density at radius 3 is 2.55 bits per heavy atom. The Labute approximate surface area is 221 Å². The Morgan fingerprint density at radius 2 is 1.95 bits per heavy atom. The number of nitrogens with zero attached hydrogens (tertiary/aromatic N) is 2. The predicted octanol–water partition coefficient (Wildman–Crippen LogP) is 1.88. The standard InChI is InChI=1S/C27H35N5O6/c1-27(2,3)38-26(37)32-20-5-4-6-22(33)18(20)13-21(32)25(36)31-19(11-15-7-8-15)24(35)30-17(14-28)12-16-9-10-29-23(16)34/h4-6,15-17,19,21,33H,7-13H2,1-3H3,(H,29,34)(H,30,35)(H,31,36). The highest BCUT2D eigenvalue weighted by Gasteiger charge is 2.43. The van der Waals surface area contributed by atoms with Gasteiger partial charge in [-0.2, -0.15) is 5.26 Å². The molecule has 1 aromatic carbocycles. The van der Waals surface area contributed by atoms with Crippen molar-refractivity contribution in [2.45, 2.75) is 83.0 Å². The van der Waals surface area contributed by atoms with E-state index in [1.54, 1.807) is 32.9 Å². The lowest BCUT2D eigenvalue weighted by Gasteiger charge is -2.29. The fourth-order valence-corrected chi connectivity index (χ4v) is 4.95. The van der Waals surface area contributed by atoms with E-state index >= 15 is 0 Å². The third kappa shape index (κ3) is 6.36. The number of aromatic hydroxyl groups is 1. The topological polar surface area (TPSA) is 161 Å². The van der Waals surface area contributed by atoms with Gasteiger partial charge in [-0.25, -0.2) is 4.79 Å². The Bertz CT molecular complexity index is 1150. The van der Waals surface area contributed by atoms with Gasteiger partial charge in [0.2, 0.25) is 17.7 Å². The SMILES string of the molecule is CC(C)(C)OC(=O)N1c2cccc(O)c2CC1C(=O)NC(CC1CC1)C(=O)NC(C#N)CC1CCNC1=O. The Morgan fingerprint density at radius 1 is 1.21 bits per heavy atom. The summed E-state index contributed by atoms with van der Waals surface area (Å²) >= 11 is 0. The van der Waals surface area contributed by atoms with Crippen LogP contribution in [-0.4, -0.2) is 59.2 Å². The van der Waals surface area contributed by atoms with Gasteiger partial charge in [0.1, 0.15) is 29.5 Å². The van der Waals surface area contributed by atoms with Crippen LogP contribution in [0.5, 0.6) is 5.75 Å². The fourth-order valence-electron chi connectivity index (χ4n) is 4.95. The number of carbonyl (C=O) groups is 4. The number of carbonyl (C=O) groups excluding carboxylic acids is 4. The Kier molecular flexibility index (Phi) is 7.81. The van der Waals surface area contributed by atoms with Crippen LogP contribution in [0.25, 0.3) is 0 Å². The molecule has 2 heterocycles. The van der Waals surface area contributed by atoms with Gasteiger partial charge in [-0.15, -0.1) is 0 Å². The van der Waals surface area contributed by atoms with Gasteiger partial charge in [0.05, 0.1) is 11.8 Å². The van der Waals surface area contributed by atoms with E-state index in [1.807, 2.05) is 0 Å². The molecule has 204 valence electrons. The lowest BCUT2D eigenvalue weighted by molar-refractivity contribution is -0.130. The summed E-state index contributed by atoms with van der Waals surface area (Å²) in [6, 6.07) is 3.94. The molecular weight excluding hydrogens is 490 g/mol. The zero-order valence-electron chi connectivity index (χ0n) is 22.0. The van der Waals surface area contributed by atoms with Crippen LogP contribution in [-0.2, 0) is 25.5 Å². The van der Waals surface area contributed by atoms with E-state index in [0.717, 1.165) is 12.8 Å². The monoisotopic (exact) mass is 525 g/mol. The van der Waals surface area contributed by atoms with Crippen molar-refractivity contribution in [1.29, 1.82) is 5.26 Å². The molecule has 4 N–H and O–H groups in total. The molecule has 1 saturated carbocycles. The van der Waals surface area contributed by atoms with Gasteiger partial charge >= 0.3 is 6.09 Å². The van der Waals surface area contributed by atoms with Crippen LogP contribution >= 0.6 is 0 Å². The maximum atomic E-state index is 13.6. The van der Waals surface area contributed by atoms with Crippen molar-refractivity contribution in [3.63, 3.8) is 0 Å². The number of amides is 4. The first-order chi connectivity index (χ1) is 18.0. The van der Waals surface area contributed by atoms with Crippen LogP contribution < -0.4 is 20.9 Å². The molecule has 0 spiro atoms. The van der Waals surface area contributed by atoms with Gasteiger partial charge in [-0.1, -0.05) is 18.9 Å². The minimum absolute atomic E-state index is 0.0357. The summed E-state index contributed by atoms with van der Waals surface area (Å²) < 4.78 is 5.54. The molecule has 11 nitrogen and oxygen atoms in total. The number of fused-ring (bicyclic) bond motifs is 1. The number of benzene rings is 1. The van der Waals surface area contributed by atoms with E-state index in [0.29, 0.717) is 30.6 Å². The molecule has 0 aromatic heterocycles. The number of phenols is 1. The van der Waals surface area contributed by atoms with E-state index in [2.05, 4.69) is 22.0 Å². The largest absolute Gasteiger partial charge is 0.508 e. The van der Waals surface area contributed by atoms with E-state index in [1.165, 1.54) is 11.0 Å². The average molecular weight is 526 g/mol. The molecule has 1 aliphatic carbocycles. The summed E-state index contributed by atoms with van der Waals surface area (Å²) in [4.78, 5) is 53.1. The second-order valence-corrected chi connectivity index (χ2v) is 11.3. The maximum absolute atomic E-state index is 13.6. The molecule has 4 atom stereocenters. The zero-order valence-corrected chi connectivity index (χ0v) is 22.0. The summed E-state index contributed by atoms with van der Waals surface area (Å²) in [6.07, 6.45) is 2.41. The van der Waals surface area contributed by atoms with E-state index < -0.39 is 41.6 Å². The first kappa shape index (κ1) is 27.2. The Hall–Kier alpha value is -3.81. The molecule has 4 rings (SSSR count). The minimum Gasteiger partial charge on any atom is -0.508 e. The average Bonchev–Trinajstić information content (AvgIpc) is 3.42. The molecule has 0 radical (unpaired) electrons. The van der Waals surface area contributed by atoms with Crippen molar-refractivity contribution >= 4 is 29.5 Å². The van der Waals surface area contributed by atoms with E-state index in [-0.39, 0.29) is 36.3 Å². The highest BCUT2D eigenvalue weighted by atomic mass is 16.6. The van der Waals surface area contributed by atoms with E-state index in [4.69, 9.17) is 4.74 Å². The van der Waals surface area contributed by atoms with Crippen LogP contribution in [0.4, 0.5) is 10.5 Å². The van der Waals surface area contributed by atoms with Crippen molar-refractivity contribution in [2.75, 3.05) is 11.4 Å². The van der Waals surface area contributed by atoms with Gasteiger partial charge in [-0.3, -0.25) is 19.3 Å². The summed E-state index contributed by atoms with van der Waals surface area (Å²) in [5.74, 6) is -1.30. The van der Waals surface area contributed by atoms with Crippen LogP contribution in [0.3, 0.4) is 0 Å². The van der Waals surface area contributed by atoms with Crippen molar-refractivity contribution in [3.05, 3.63) is 23.8 Å². The highest BCUT2D eigenvalue weighted by Crippen LogP contribution is 2.39. The lowest BCUT2D eigenvalue weighted by Crippen LogP contribution is -2.56. The number of nitrogens with one attached hydrogen (secondary N) is 3. The second kappa shape index (κ2) is 10.9. The molecule has 3 aliphatic rings. The molecule has 38 heavy (non-hydrogen) atoms. The van der Waals surface area contributed by atoms with Gasteiger partial charge in [-0.05, 0) is 58.1 Å². The van der Waals surface area contributed by atoms with Gasteiger partial charge in [0.15, 0.2) is 0 Å². The molecule has 0 bridgehead atoms. The molecule has 1 aromatic rings. The quantitative estimate of drug-likeness (QED) is 0.403. The molecular formula is C27H35N5O6. The minimum atomic E-state index is -1.03. The molecule has 2 fully saturated rings. The van der Waals surface area contributed by atoms with Gasteiger partial charge < -0.3 is 25.8 Å². The van der Waals surface area contributed by atoms with Crippen molar-refractivity contribution in [1.82, 2.24) is 16.0 Å².